The van der Waals surface area contributed by atoms with Crippen LogP contribution >= 0.6 is 0 Å². The van der Waals surface area contributed by atoms with Crippen molar-refractivity contribution in [3.63, 3.8) is 0 Å². The van der Waals surface area contributed by atoms with Gasteiger partial charge in [-0.15, -0.1) is 0 Å². The largest absolute Gasteiger partial charge is 0.341 e. The Morgan fingerprint density at radius 1 is 1.29 bits per heavy atom. The van der Waals surface area contributed by atoms with Crippen LogP contribution in [0.5, 0.6) is 0 Å². The highest BCUT2D eigenvalue weighted by atomic mass is 32.2. The van der Waals surface area contributed by atoms with Gasteiger partial charge in [-0.25, -0.2) is 8.42 Å². The molecule has 0 aromatic heterocycles. The van der Waals surface area contributed by atoms with Crippen molar-refractivity contribution >= 4 is 21.4 Å². The third-order valence-corrected chi connectivity index (χ3v) is 4.94. The van der Waals surface area contributed by atoms with Crippen LogP contribution in [-0.2, 0) is 14.6 Å². The summed E-state index contributed by atoms with van der Waals surface area (Å²) in [5, 5.41) is 5.77. The smallest absolute Gasteiger partial charge is 0.326 e. The fourth-order valence-corrected chi connectivity index (χ4v) is 2.95. The van der Waals surface area contributed by atoms with Crippen LogP contribution in [0.1, 0.15) is 6.92 Å². The predicted molar refractivity (Wildman–Crippen MR) is 73.8 cm³/mol. The Morgan fingerprint density at radius 2 is 1.90 bits per heavy atom. The van der Waals surface area contributed by atoms with Gasteiger partial charge >= 0.3 is 5.76 Å². The second-order valence-electron chi connectivity index (χ2n) is 5.06. The van der Waals surface area contributed by atoms with Crippen molar-refractivity contribution in [3.8, 4) is 0 Å². The minimum atomic E-state index is -4.60. The molecule has 1 heterocycles. The van der Waals surface area contributed by atoms with Gasteiger partial charge in [0.25, 0.3) is 0 Å². The molecule has 1 aromatic rings. The number of alkyl halides is 2. The van der Waals surface area contributed by atoms with Crippen LogP contribution in [0.15, 0.2) is 29.2 Å². The molecule has 8 heteroatoms. The molecule has 21 heavy (non-hydrogen) atoms. The fourth-order valence-electron chi connectivity index (χ4n) is 2.23. The van der Waals surface area contributed by atoms with Gasteiger partial charge < -0.3 is 10.6 Å². The first-order valence-corrected chi connectivity index (χ1v) is 8.00. The quantitative estimate of drug-likeness (QED) is 0.882. The van der Waals surface area contributed by atoms with Crippen LogP contribution in [0.2, 0.25) is 0 Å². The van der Waals surface area contributed by atoms with Crippen molar-refractivity contribution in [1.82, 2.24) is 5.32 Å². The number of hydrogen-bond donors (Lipinski definition) is 2. The van der Waals surface area contributed by atoms with Gasteiger partial charge in [-0.1, -0.05) is 6.92 Å². The van der Waals surface area contributed by atoms with Crippen molar-refractivity contribution in [1.29, 1.82) is 0 Å². The topological polar surface area (TPSA) is 75.3 Å². The van der Waals surface area contributed by atoms with Gasteiger partial charge in [0.1, 0.15) is 0 Å². The van der Waals surface area contributed by atoms with Crippen LogP contribution < -0.4 is 10.6 Å². The molecule has 1 aliphatic rings. The van der Waals surface area contributed by atoms with E-state index in [1.807, 2.05) is 6.92 Å². The molecule has 2 N–H and O–H groups in total. The van der Waals surface area contributed by atoms with Crippen LogP contribution in [0.3, 0.4) is 0 Å². The van der Waals surface area contributed by atoms with Crippen LogP contribution in [-0.4, -0.2) is 33.2 Å². The molecule has 1 fully saturated rings. The number of nitrogens with one attached hydrogen (secondary N) is 2. The van der Waals surface area contributed by atoms with Crippen molar-refractivity contribution in [2.75, 3.05) is 18.4 Å². The zero-order chi connectivity index (χ0) is 15.6. The lowest BCUT2D eigenvalue weighted by Crippen LogP contribution is -2.27. The first-order valence-electron chi connectivity index (χ1n) is 6.46. The second kappa shape index (κ2) is 6.07. The van der Waals surface area contributed by atoms with E-state index >= 15 is 0 Å². The lowest BCUT2D eigenvalue weighted by atomic mass is 9.97. The highest BCUT2D eigenvalue weighted by Gasteiger charge is 2.30. The Labute approximate surface area is 121 Å². The van der Waals surface area contributed by atoms with Gasteiger partial charge in [0.2, 0.25) is 15.7 Å². The number of amides is 1. The molecule has 0 bridgehead atoms. The van der Waals surface area contributed by atoms with E-state index in [-0.39, 0.29) is 17.7 Å². The average Bonchev–Trinajstić information content (AvgIpc) is 2.85. The number of hydrogen-bond acceptors (Lipinski definition) is 4. The number of anilines is 1. The monoisotopic (exact) mass is 318 g/mol. The third-order valence-electron chi connectivity index (χ3n) is 3.54. The maximum atomic E-state index is 12.4. The normalized spacial score (nSPS) is 22.5. The minimum absolute atomic E-state index is 0.158. The van der Waals surface area contributed by atoms with E-state index in [2.05, 4.69) is 10.6 Å². The number of rotatable bonds is 4. The highest BCUT2D eigenvalue weighted by Crippen LogP contribution is 2.22. The van der Waals surface area contributed by atoms with Crippen LogP contribution in [0.4, 0.5) is 14.5 Å². The summed E-state index contributed by atoms with van der Waals surface area (Å²) in [6.45, 7) is 3.32. The summed E-state index contributed by atoms with van der Waals surface area (Å²) >= 11 is 0. The third kappa shape index (κ3) is 3.38. The molecule has 2 atom stereocenters. The van der Waals surface area contributed by atoms with Crippen LogP contribution in [0.25, 0.3) is 0 Å². The number of carbonyl (C=O) groups is 1. The summed E-state index contributed by atoms with van der Waals surface area (Å²) in [5.74, 6) is -3.57. The molecule has 5 nitrogen and oxygen atoms in total. The van der Waals surface area contributed by atoms with Crippen molar-refractivity contribution < 1.29 is 22.0 Å². The first kappa shape index (κ1) is 15.8. The summed E-state index contributed by atoms with van der Waals surface area (Å²) in [6.07, 6.45) is 0. The van der Waals surface area contributed by atoms with E-state index in [0.717, 1.165) is 18.7 Å². The van der Waals surface area contributed by atoms with E-state index in [1.54, 1.807) is 0 Å². The summed E-state index contributed by atoms with van der Waals surface area (Å²) in [4.78, 5) is 11.6. The molecule has 116 valence electrons. The molecule has 1 aromatic carbocycles. The van der Waals surface area contributed by atoms with Crippen molar-refractivity contribution in [2.45, 2.75) is 17.6 Å². The van der Waals surface area contributed by atoms with Gasteiger partial charge in [-0.3, -0.25) is 4.79 Å². The molecule has 0 aliphatic carbocycles. The maximum Gasteiger partial charge on any atom is 0.341 e. The van der Waals surface area contributed by atoms with Gasteiger partial charge in [0.05, 0.1) is 10.8 Å². The molecule has 0 saturated carbocycles. The van der Waals surface area contributed by atoms with Gasteiger partial charge in [0.15, 0.2) is 0 Å². The Morgan fingerprint density at radius 3 is 2.38 bits per heavy atom. The summed E-state index contributed by atoms with van der Waals surface area (Å²) < 4.78 is 47.3. The average molecular weight is 318 g/mol. The Kier molecular flexibility index (Phi) is 4.58. The zero-order valence-electron chi connectivity index (χ0n) is 11.3. The van der Waals surface area contributed by atoms with Gasteiger partial charge in [-0.2, -0.15) is 8.78 Å². The van der Waals surface area contributed by atoms with E-state index in [9.17, 15) is 22.0 Å². The van der Waals surface area contributed by atoms with E-state index in [0.29, 0.717) is 12.2 Å². The molecule has 0 spiro atoms. The minimum Gasteiger partial charge on any atom is -0.326 e. The maximum absolute atomic E-state index is 12.4. The number of carbonyl (C=O) groups excluding carboxylic acids is 1. The number of sulfone groups is 1. The molecule has 1 amide bonds. The predicted octanol–water partition coefficient (Wildman–Crippen LogP) is 1.48. The number of benzene rings is 1. The Hall–Kier alpha value is -1.54. The van der Waals surface area contributed by atoms with Gasteiger partial charge in [-0.05, 0) is 36.7 Å². The molecular weight excluding hydrogens is 302 g/mol. The van der Waals surface area contributed by atoms with Crippen molar-refractivity contribution in [3.05, 3.63) is 24.3 Å². The SMILES string of the molecule is CC1CNCC1C(=O)Nc1ccc(S(=O)(=O)C(F)F)cc1. The molecule has 1 saturated heterocycles. The standard InChI is InChI=1S/C13H16F2N2O3S/c1-8-6-16-7-11(8)12(18)17-9-2-4-10(5-3-9)21(19,20)13(14)15/h2-5,8,11,13,16H,6-7H2,1H3,(H,17,18). The van der Waals surface area contributed by atoms with Crippen molar-refractivity contribution in [2.24, 2.45) is 11.8 Å². The lowest BCUT2D eigenvalue weighted by molar-refractivity contribution is -0.120. The Balaban J connectivity index is 2.08. The zero-order valence-corrected chi connectivity index (χ0v) is 12.2. The first-order chi connectivity index (χ1) is 9.82. The Bertz CT molecular complexity index is 617. The van der Waals surface area contributed by atoms with Gasteiger partial charge in [0, 0.05) is 12.2 Å². The summed E-state index contributed by atoms with van der Waals surface area (Å²) in [7, 11) is -4.60. The molecule has 2 unspecified atom stereocenters. The highest BCUT2D eigenvalue weighted by molar-refractivity contribution is 7.91. The van der Waals surface area contributed by atoms with E-state index < -0.39 is 20.5 Å². The fraction of sp³-hybridized carbons (Fsp3) is 0.462. The molecule has 0 radical (unpaired) electrons. The molecule has 1 aliphatic heterocycles. The summed E-state index contributed by atoms with van der Waals surface area (Å²) in [6, 6.07) is 4.74. The molecular formula is C13H16F2N2O3S. The second-order valence-corrected chi connectivity index (χ2v) is 6.98. The number of halogens is 2. The van der Waals surface area contributed by atoms with E-state index in [1.165, 1.54) is 12.1 Å². The van der Waals surface area contributed by atoms with E-state index in [4.69, 9.17) is 0 Å². The van der Waals surface area contributed by atoms with Crippen LogP contribution in [0, 0.1) is 11.8 Å². The molecule has 2 rings (SSSR count). The summed E-state index contributed by atoms with van der Waals surface area (Å²) in [5.41, 5.74) is 0.382. The lowest BCUT2D eigenvalue weighted by Gasteiger charge is -2.14.